The number of nitrogens with one attached hydrogen (secondary N) is 1. The van der Waals surface area contributed by atoms with E-state index < -0.39 is 0 Å². The minimum atomic E-state index is 0.302. The Morgan fingerprint density at radius 2 is 2.06 bits per heavy atom. The fourth-order valence-corrected chi connectivity index (χ4v) is 1.93. The number of halogens is 1. The standard InChI is InChI=1S/C13H20BrN3O/c1-10(11-5-7-12(14)8-6-11)16-9-3-2-4-13(15)17-18/h5-8,10,16,18H,2-4,9H2,1H3,(H2,15,17)/t10-/m1/s1. The number of amidine groups is 1. The summed E-state index contributed by atoms with van der Waals surface area (Å²) in [5.41, 5.74) is 6.67. The molecule has 5 heteroatoms. The first kappa shape index (κ1) is 15.0. The number of nitrogens with two attached hydrogens (primary N) is 1. The summed E-state index contributed by atoms with van der Waals surface area (Å²) in [6, 6.07) is 8.65. The summed E-state index contributed by atoms with van der Waals surface area (Å²) in [5, 5.41) is 14.8. The van der Waals surface area contributed by atoms with Crippen molar-refractivity contribution in [3.63, 3.8) is 0 Å². The van der Waals surface area contributed by atoms with E-state index in [2.05, 4.69) is 45.5 Å². The van der Waals surface area contributed by atoms with Crippen molar-refractivity contribution in [1.29, 1.82) is 0 Å². The van der Waals surface area contributed by atoms with Crippen molar-refractivity contribution >= 4 is 21.8 Å². The predicted molar refractivity (Wildman–Crippen MR) is 77.8 cm³/mol. The summed E-state index contributed by atoms with van der Waals surface area (Å²) in [5.74, 6) is 0.302. The van der Waals surface area contributed by atoms with Gasteiger partial charge in [-0.2, -0.15) is 0 Å². The van der Waals surface area contributed by atoms with Gasteiger partial charge < -0.3 is 16.3 Å². The van der Waals surface area contributed by atoms with E-state index in [0.29, 0.717) is 18.3 Å². The number of hydrogen-bond acceptors (Lipinski definition) is 3. The first-order valence-corrected chi connectivity index (χ1v) is 6.88. The second-order valence-corrected chi connectivity index (χ2v) is 5.19. The van der Waals surface area contributed by atoms with E-state index in [4.69, 9.17) is 10.9 Å². The van der Waals surface area contributed by atoms with Crippen molar-refractivity contribution < 1.29 is 5.21 Å². The molecule has 18 heavy (non-hydrogen) atoms. The number of unbranched alkanes of at least 4 members (excludes halogenated alkanes) is 1. The molecule has 0 bridgehead atoms. The third kappa shape index (κ3) is 5.51. The Labute approximate surface area is 116 Å². The molecule has 4 nitrogen and oxygen atoms in total. The molecule has 0 fully saturated rings. The van der Waals surface area contributed by atoms with E-state index in [9.17, 15) is 0 Å². The van der Waals surface area contributed by atoms with Crippen LogP contribution in [-0.4, -0.2) is 17.6 Å². The Morgan fingerprint density at radius 1 is 1.39 bits per heavy atom. The number of nitrogens with zero attached hydrogens (tertiary/aromatic N) is 1. The van der Waals surface area contributed by atoms with Gasteiger partial charge in [-0.1, -0.05) is 33.2 Å². The average molecular weight is 314 g/mol. The summed E-state index contributed by atoms with van der Waals surface area (Å²) in [6.07, 6.45) is 2.58. The number of benzene rings is 1. The maximum Gasteiger partial charge on any atom is 0.139 e. The van der Waals surface area contributed by atoms with Gasteiger partial charge in [0.2, 0.25) is 0 Å². The minimum Gasteiger partial charge on any atom is -0.409 e. The Bertz CT molecular complexity index is 378. The van der Waals surface area contributed by atoms with Crippen LogP contribution in [0.2, 0.25) is 0 Å². The molecule has 0 amide bonds. The van der Waals surface area contributed by atoms with Crippen molar-refractivity contribution in [3.05, 3.63) is 34.3 Å². The third-order valence-corrected chi connectivity index (χ3v) is 3.34. The second-order valence-electron chi connectivity index (χ2n) is 4.28. The van der Waals surface area contributed by atoms with Gasteiger partial charge in [0.05, 0.1) is 0 Å². The van der Waals surface area contributed by atoms with E-state index in [1.807, 2.05) is 12.1 Å². The number of hydrogen-bond donors (Lipinski definition) is 3. The minimum absolute atomic E-state index is 0.302. The molecule has 4 N–H and O–H groups in total. The van der Waals surface area contributed by atoms with Crippen molar-refractivity contribution in [2.24, 2.45) is 10.9 Å². The number of rotatable bonds is 7. The van der Waals surface area contributed by atoms with Gasteiger partial charge in [-0.05, 0) is 44.0 Å². The van der Waals surface area contributed by atoms with Crippen molar-refractivity contribution in [3.8, 4) is 0 Å². The molecule has 0 aliphatic heterocycles. The van der Waals surface area contributed by atoms with Crippen LogP contribution in [0.3, 0.4) is 0 Å². The molecule has 0 radical (unpaired) electrons. The van der Waals surface area contributed by atoms with Gasteiger partial charge in [0.25, 0.3) is 0 Å². The van der Waals surface area contributed by atoms with E-state index >= 15 is 0 Å². The van der Waals surface area contributed by atoms with Gasteiger partial charge in [0, 0.05) is 16.9 Å². The molecule has 0 heterocycles. The van der Waals surface area contributed by atoms with Crippen LogP contribution < -0.4 is 11.1 Å². The molecule has 0 aromatic heterocycles. The van der Waals surface area contributed by atoms with Gasteiger partial charge in [-0.15, -0.1) is 0 Å². The van der Waals surface area contributed by atoms with Crippen LogP contribution in [0.1, 0.15) is 37.8 Å². The lowest BCUT2D eigenvalue weighted by atomic mass is 10.1. The molecule has 0 spiro atoms. The van der Waals surface area contributed by atoms with Gasteiger partial charge in [0.15, 0.2) is 0 Å². The van der Waals surface area contributed by atoms with Crippen LogP contribution in [0.25, 0.3) is 0 Å². The van der Waals surface area contributed by atoms with Gasteiger partial charge in [0.1, 0.15) is 5.84 Å². The third-order valence-electron chi connectivity index (χ3n) is 2.81. The maximum atomic E-state index is 8.39. The normalized spacial score (nSPS) is 13.6. The van der Waals surface area contributed by atoms with Crippen LogP contribution in [0, 0.1) is 0 Å². The highest BCUT2D eigenvalue weighted by Crippen LogP contribution is 2.16. The fourth-order valence-electron chi connectivity index (χ4n) is 1.67. The molecule has 0 aliphatic rings. The fraction of sp³-hybridized carbons (Fsp3) is 0.462. The van der Waals surface area contributed by atoms with E-state index in [0.717, 1.165) is 23.9 Å². The van der Waals surface area contributed by atoms with Crippen LogP contribution in [-0.2, 0) is 0 Å². The van der Waals surface area contributed by atoms with Crippen LogP contribution in [0.5, 0.6) is 0 Å². The van der Waals surface area contributed by atoms with E-state index in [1.54, 1.807) is 0 Å². The highest BCUT2D eigenvalue weighted by molar-refractivity contribution is 9.10. The second kappa shape index (κ2) is 8.11. The zero-order valence-corrected chi connectivity index (χ0v) is 12.2. The lowest BCUT2D eigenvalue weighted by Gasteiger charge is -2.14. The lowest BCUT2D eigenvalue weighted by molar-refractivity contribution is 0.316. The van der Waals surface area contributed by atoms with E-state index in [-0.39, 0.29) is 0 Å². The molecule has 0 unspecified atom stereocenters. The van der Waals surface area contributed by atoms with Crippen molar-refractivity contribution in [1.82, 2.24) is 5.32 Å². The molecule has 1 aromatic rings. The zero-order chi connectivity index (χ0) is 13.4. The Hall–Kier alpha value is -1.07. The monoisotopic (exact) mass is 313 g/mol. The Kier molecular flexibility index (Phi) is 6.75. The Balaban J connectivity index is 2.21. The van der Waals surface area contributed by atoms with Crippen molar-refractivity contribution in [2.45, 2.75) is 32.2 Å². The molecule has 1 atom stereocenters. The molecular formula is C13H20BrN3O. The van der Waals surface area contributed by atoms with Gasteiger partial charge in [-0.25, -0.2) is 0 Å². The molecule has 1 rings (SSSR count). The molecule has 1 aromatic carbocycles. The van der Waals surface area contributed by atoms with E-state index in [1.165, 1.54) is 5.56 Å². The van der Waals surface area contributed by atoms with Crippen LogP contribution >= 0.6 is 15.9 Å². The average Bonchev–Trinajstić information content (AvgIpc) is 2.38. The molecule has 0 aliphatic carbocycles. The van der Waals surface area contributed by atoms with Gasteiger partial charge >= 0.3 is 0 Å². The maximum absolute atomic E-state index is 8.39. The topological polar surface area (TPSA) is 70.6 Å². The SMILES string of the molecule is C[C@@H](NCCCC/C(N)=N/O)c1ccc(Br)cc1. The summed E-state index contributed by atoms with van der Waals surface area (Å²) < 4.78 is 1.09. The largest absolute Gasteiger partial charge is 0.409 e. The number of oxime groups is 1. The summed E-state index contributed by atoms with van der Waals surface area (Å²) in [6.45, 7) is 3.07. The van der Waals surface area contributed by atoms with Crippen LogP contribution in [0.4, 0.5) is 0 Å². The molecular weight excluding hydrogens is 294 g/mol. The summed E-state index contributed by atoms with van der Waals surface area (Å²) >= 11 is 3.42. The molecule has 100 valence electrons. The summed E-state index contributed by atoms with van der Waals surface area (Å²) in [4.78, 5) is 0. The lowest BCUT2D eigenvalue weighted by Crippen LogP contribution is -2.20. The molecule has 0 saturated carbocycles. The predicted octanol–water partition coefficient (Wildman–Crippen LogP) is 3.02. The highest BCUT2D eigenvalue weighted by atomic mass is 79.9. The highest BCUT2D eigenvalue weighted by Gasteiger charge is 2.03. The Morgan fingerprint density at radius 3 is 2.67 bits per heavy atom. The molecule has 0 saturated heterocycles. The quantitative estimate of drug-likeness (QED) is 0.238. The zero-order valence-electron chi connectivity index (χ0n) is 10.6. The van der Waals surface area contributed by atoms with Crippen LogP contribution in [0.15, 0.2) is 33.9 Å². The first-order valence-electron chi connectivity index (χ1n) is 6.08. The first-order chi connectivity index (χ1) is 8.63. The van der Waals surface area contributed by atoms with Gasteiger partial charge in [-0.3, -0.25) is 0 Å². The summed E-state index contributed by atoms with van der Waals surface area (Å²) in [7, 11) is 0. The smallest absolute Gasteiger partial charge is 0.139 e. The van der Waals surface area contributed by atoms with Crippen molar-refractivity contribution in [2.75, 3.05) is 6.54 Å².